The Kier molecular flexibility index (Phi) is 8.79. The van der Waals surface area contributed by atoms with Gasteiger partial charge in [0, 0.05) is 13.1 Å². The van der Waals surface area contributed by atoms with E-state index < -0.39 is 6.10 Å². The summed E-state index contributed by atoms with van der Waals surface area (Å²) < 4.78 is 5.30. The Balaban J connectivity index is 5.09. The molecular formula is C15H22N2O2. The van der Waals surface area contributed by atoms with Crippen LogP contribution in [0.3, 0.4) is 0 Å². The standard InChI is InChI=1S/C15H22N2O2/c1-6-9-11-16-12(4)15(19-13(5)18)14(8-3)17-10-7-2/h6-11,14-15,17H,1,3H2,2,4-5H3/b10-7-,11-9-,16-12?. The minimum Gasteiger partial charge on any atom is -0.454 e. The summed E-state index contributed by atoms with van der Waals surface area (Å²) in [4.78, 5) is 15.4. The van der Waals surface area contributed by atoms with E-state index in [0.717, 1.165) is 0 Å². The average molecular weight is 262 g/mol. The normalized spacial score (nSPS) is 15.2. The molecule has 2 atom stereocenters. The third kappa shape index (κ3) is 7.03. The van der Waals surface area contributed by atoms with Gasteiger partial charge in [0.2, 0.25) is 0 Å². The molecule has 0 radical (unpaired) electrons. The van der Waals surface area contributed by atoms with Crippen molar-refractivity contribution in [3.05, 3.63) is 49.9 Å². The number of hydrogen-bond acceptors (Lipinski definition) is 4. The van der Waals surface area contributed by atoms with Crippen molar-refractivity contribution in [3.63, 3.8) is 0 Å². The zero-order valence-electron chi connectivity index (χ0n) is 11.8. The SMILES string of the molecule is C=C/C=C\N=C(C)C(OC(C)=O)C(C=C)N/C=C\C. The van der Waals surface area contributed by atoms with Gasteiger partial charge in [-0.1, -0.05) is 24.8 Å². The van der Waals surface area contributed by atoms with Gasteiger partial charge in [-0.3, -0.25) is 9.79 Å². The number of carbonyl (C=O) groups is 1. The van der Waals surface area contributed by atoms with Crippen LogP contribution in [0.4, 0.5) is 0 Å². The van der Waals surface area contributed by atoms with Gasteiger partial charge in [-0.2, -0.15) is 0 Å². The average Bonchev–Trinajstić information content (AvgIpc) is 2.38. The van der Waals surface area contributed by atoms with E-state index in [1.807, 2.05) is 13.0 Å². The summed E-state index contributed by atoms with van der Waals surface area (Å²) in [7, 11) is 0. The quantitative estimate of drug-likeness (QED) is 0.317. The van der Waals surface area contributed by atoms with Gasteiger partial charge in [-0.25, -0.2) is 0 Å². The first kappa shape index (κ1) is 16.9. The molecule has 0 amide bonds. The number of carbonyl (C=O) groups excluding carboxylic acids is 1. The topological polar surface area (TPSA) is 50.7 Å². The predicted molar refractivity (Wildman–Crippen MR) is 79.9 cm³/mol. The highest BCUT2D eigenvalue weighted by Crippen LogP contribution is 2.06. The zero-order valence-corrected chi connectivity index (χ0v) is 11.8. The lowest BCUT2D eigenvalue weighted by Gasteiger charge is -2.24. The molecule has 2 unspecified atom stereocenters. The molecule has 0 aromatic rings. The fourth-order valence-corrected chi connectivity index (χ4v) is 1.38. The van der Waals surface area contributed by atoms with Gasteiger partial charge in [0.05, 0.1) is 11.8 Å². The molecule has 0 aromatic carbocycles. The van der Waals surface area contributed by atoms with Crippen molar-refractivity contribution in [2.24, 2.45) is 4.99 Å². The summed E-state index contributed by atoms with van der Waals surface area (Å²) in [6.45, 7) is 12.4. The van der Waals surface area contributed by atoms with Gasteiger partial charge in [0.15, 0.2) is 6.10 Å². The maximum absolute atomic E-state index is 11.2. The van der Waals surface area contributed by atoms with E-state index in [9.17, 15) is 4.79 Å². The van der Waals surface area contributed by atoms with Crippen LogP contribution in [0, 0.1) is 0 Å². The molecular weight excluding hydrogens is 240 g/mol. The molecule has 4 heteroatoms. The second-order valence-corrected chi connectivity index (χ2v) is 3.81. The van der Waals surface area contributed by atoms with Crippen LogP contribution in [0.2, 0.25) is 0 Å². The minimum absolute atomic E-state index is 0.235. The third-order valence-electron chi connectivity index (χ3n) is 2.24. The highest BCUT2D eigenvalue weighted by atomic mass is 16.5. The highest BCUT2D eigenvalue weighted by molar-refractivity contribution is 5.89. The molecule has 0 aliphatic rings. The molecule has 0 heterocycles. The Morgan fingerprint density at radius 3 is 2.53 bits per heavy atom. The second kappa shape index (κ2) is 9.88. The van der Waals surface area contributed by atoms with Gasteiger partial charge in [0.1, 0.15) is 0 Å². The Morgan fingerprint density at radius 1 is 1.37 bits per heavy atom. The van der Waals surface area contributed by atoms with E-state index in [4.69, 9.17) is 4.74 Å². The van der Waals surface area contributed by atoms with Gasteiger partial charge >= 0.3 is 5.97 Å². The van der Waals surface area contributed by atoms with E-state index in [2.05, 4.69) is 23.5 Å². The molecule has 0 fully saturated rings. The summed E-state index contributed by atoms with van der Waals surface area (Å²) in [5.74, 6) is -0.360. The molecule has 19 heavy (non-hydrogen) atoms. The summed E-state index contributed by atoms with van der Waals surface area (Å²) in [5, 5.41) is 3.09. The van der Waals surface area contributed by atoms with E-state index >= 15 is 0 Å². The molecule has 0 saturated heterocycles. The van der Waals surface area contributed by atoms with Crippen LogP contribution in [-0.4, -0.2) is 23.8 Å². The molecule has 0 bridgehead atoms. The maximum Gasteiger partial charge on any atom is 0.303 e. The van der Waals surface area contributed by atoms with Crippen molar-refractivity contribution in [1.82, 2.24) is 5.32 Å². The van der Waals surface area contributed by atoms with Gasteiger partial charge < -0.3 is 10.1 Å². The number of ether oxygens (including phenoxy) is 1. The summed E-state index contributed by atoms with van der Waals surface area (Å²) >= 11 is 0. The van der Waals surface area contributed by atoms with Crippen LogP contribution in [0.15, 0.2) is 54.9 Å². The largest absolute Gasteiger partial charge is 0.454 e. The van der Waals surface area contributed by atoms with E-state index in [0.29, 0.717) is 5.71 Å². The molecule has 0 spiro atoms. The van der Waals surface area contributed by atoms with E-state index in [1.54, 1.807) is 37.6 Å². The molecule has 0 saturated carbocycles. The van der Waals surface area contributed by atoms with Gasteiger partial charge in [0.25, 0.3) is 0 Å². The van der Waals surface area contributed by atoms with E-state index in [-0.39, 0.29) is 12.0 Å². The Bertz CT molecular complexity index is 395. The van der Waals surface area contributed by atoms with Crippen LogP contribution in [0.25, 0.3) is 0 Å². The maximum atomic E-state index is 11.2. The second-order valence-electron chi connectivity index (χ2n) is 3.81. The monoisotopic (exact) mass is 262 g/mol. The van der Waals surface area contributed by atoms with Crippen LogP contribution in [0.5, 0.6) is 0 Å². The number of rotatable bonds is 8. The molecule has 1 N–H and O–H groups in total. The van der Waals surface area contributed by atoms with Crippen molar-refractivity contribution in [3.8, 4) is 0 Å². The molecule has 0 rings (SSSR count). The van der Waals surface area contributed by atoms with Crippen LogP contribution in [0.1, 0.15) is 20.8 Å². The van der Waals surface area contributed by atoms with Crippen molar-refractivity contribution >= 4 is 11.7 Å². The van der Waals surface area contributed by atoms with Crippen molar-refractivity contribution in [2.75, 3.05) is 0 Å². The number of allylic oxidation sites excluding steroid dienone is 3. The first-order valence-corrected chi connectivity index (χ1v) is 6.05. The molecule has 0 aliphatic heterocycles. The summed E-state index contributed by atoms with van der Waals surface area (Å²) in [6.07, 6.45) is 9.75. The van der Waals surface area contributed by atoms with Crippen molar-refractivity contribution < 1.29 is 9.53 Å². The minimum atomic E-state index is -0.499. The van der Waals surface area contributed by atoms with Gasteiger partial charge in [-0.15, -0.1) is 6.58 Å². The summed E-state index contributed by atoms with van der Waals surface area (Å²) in [6, 6.07) is -0.235. The van der Waals surface area contributed by atoms with Crippen molar-refractivity contribution in [2.45, 2.75) is 32.9 Å². The Morgan fingerprint density at radius 2 is 2.05 bits per heavy atom. The number of esters is 1. The van der Waals surface area contributed by atoms with Gasteiger partial charge in [-0.05, 0) is 26.1 Å². The van der Waals surface area contributed by atoms with Crippen molar-refractivity contribution in [1.29, 1.82) is 0 Å². The number of nitrogens with one attached hydrogen (secondary N) is 1. The summed E-state index contributed by atoms with van der Waals surface area (Å²) in [5.41, 5.74) is 0.676. The predicted octanol–water partition coefficient (Wildman–Crippen LogP) is 2.76. The van der Waals surface area contributed by atoms with Crippen LogP contribution < -0.4 is 5.32 Å². The zero-order chi connectivity index (χ0) is 14.7. The lowest BCUT2D eigenvalue weighted by molar-refractivity contribution is -0.143. The smallest absolute Gasteiger partial charge is 0.303 e. The Hall–Kier alpha value is -2.10. The first-order chi connectivity index (χ1) is 9.06. The van der Waals surface area contributed by atoms with E-state index in [1.165, 1.54) is 6.92 Å². The highest BCUT2D eigenvalue weighted by Gasteiger charge is 2.23. The molecule has 4 nitrogen and oxygen atoms in total. The lowest BCUT2D eigenvalue weighted by Crippen LogP contribution is -2.42. The lowest BCUT2D eigenvalue weighted by atomic mass is 10.1. The van der Waals surface area contributed by atoms with Crippen LogP contribution >= 0.6 is 0 Å². The fraction of sp³-hybridized carbons (Fsp3) is 0.333. The fourth-order valence-electron chi connectivity index (χ4n) is 1.38. The molecule has 0 aromatic heterocycles. The Labute approximate surface area is 115 Å². The first-order valence-electron chi connectivity index (χ1n) is 6.05. The van der Waals surface area contributed by atoms with Crippen LogP contribution in [-0.2, 0) is 9.53 Å². The third-order valence-corrected chi connectivity index (χ3v) is 2.24. The number of aliphatic imine (C=N–C) groups is 1. The number of hydrogen-bond donors (Lipinski definition) is 1. The molecule has 0 aliphatic carbocycles. The molecule has 104 valence electrons. The number of nitrogens with zero attached hydrogens (tertiary/aromatic N) is 1.